The number of hydrogen-bond donors (Lipinski definition) is 7. The van der Waals surface area contributed by atoms with Crippen LogP contribution in [0.2, 0.25) is 0 Å². The number of aliphatic carboxylic acids is 1. The van der Waals surface area contributed by atoms with Crippen LogP contribution in [0.1, 0.15) is 31.4 Å². The van der Waals surface area contributed by atoms with Crippen molar-refractivity contribution in [1.29, 1.82) is 0 Å². The molecule has 0 spiro atoms. The average Bonchev–Trinajstić information content (AvgIpc) is 2.92. The van der Waals surface area contributed by atoms with E-state index >= 15 is 0 Å². The number of anilines is 4. The van der Waals surface area contributed by atoms with E-state index in [4.69, 9.17) is 0 Å². The van der Waals surface area contributed by atoms with Crippen LogP contribution in [-0.2, 0) is 14.8 Å². The fourth-order valence-electron chi connectivity index (χ4n) is 3.56. The van der Waals surface area contributed by atoms with Crippen LogP contribution < -0.4 is 29.5 Å². The van der Waals surface area contributed by atoms with E-state index < -0.39 is 40.5 Å². The number of carboxylic acid groups (broad SMARTS) is 1. The molecule has 12 nitrogen and oxygen atoms in total. The van der Waals surface area contributed by atoms with Crippen molar-refractivity contribution in [2.75, 3.05) is 25.4 Å². The summed E-state index contributed by atoms with van der Waals surface area (Å²) >= 11 is 1.98. The SMILES string of the molecule is CCCNC(=O)Nc1cccc(S(=O)(=O)Nc2cccc(C(CC(=O)O)NC(=O)Nc3ccc(NI)cc3)c2)c1. The molecule has 0 aliphatic heterocycles. The van der Waals surface area contributed by atoms with Crippen molar-refractivity contribution >= 4 is 73.7 Å². The van der Waals surface area contributed by atoms with E-state index in [0.29, 0.717) is 23.5 Å². The average molecular weight is 681 g/mol. The standard InChI is InChI=1S/C26H29IN6O6S/c1-2-13-28-25(36)30-20-6-4-8-22(15-20)40(38,39)33-21-7-3-5-17(14-21)23(16-24(34)35)31-26(37)29-18-9-11-19(32-27)12-10-18/h3-12,14-15,23,32-33H,2,13,16H2,1H3,(H,34,35)(H2,28,30,36)(H2,29,31,37). The smallest absolute Gasteiger partial charge is 0.319 e. The highest BCUT2D eigenvalue weighted by Gasteiger charge is 2.20. The van der Waals surface area contributed by atoms with Gasteiger partial charge in [-0.25, -0.2) is 18.0 Å². The van der Waals surface area contributed by atoms with Crippen molar-refractivity contribution < 1.29 is 27.9 Å². The molecule has 212 valence electrons. The Balaban J connectivity index is 1.74. The number of urea groups is 2. The van der Waals surface area contributed by atoms with Crippen LogP contribution in [0.25, 0.3) is 0 Å². The highest BCUT2D eigenvalue weighted by Crippen LogP contribution is 2.24. The van der Waals surface area contributed by atoms with Gasteiger partial charge in [-0.2, -0.15) is 0 Å². The summed E-state index contributed by atoms with van der Waals surface area (Å²) in [5, 5.41) is 19.9. The number of carboxylic acids is 1. The van der Waals surface area contributed by atoms with E-state index in [9.17, 15) is 27.9 Å². The molecule has 0 aliphatic rings. The number of rotatable bonds is 12. The van der Waals surface area contributed by atoms with Crippen LogP contribution in [0.5, 0.6) is 0 Å². The van der Waals surface area contributed by atoms with E-state index in [1.54, 1.807) is 42.5 Å². The summed E-state index contributed by atoms with van der Waals surface area (Å²) in [5.74, 6) is -1.15. The second kappa shape index (κ2) is 14.4. The molecule has 0 bridgehead atoms. The third-order valence-corrected chi connectivity index (χ3v) is 7.42. The van der Waals surface area contributed by atoms with Crippen molar-refractivity contribution in [2.24, 2.45) is 0 Å². The first-order valence-electron chi connectivity index (χ1n) is 12.1. The Labute approximate surface area is 245 Å². The van der Waals surface area contributed by atoms with E-state index in [0.717, 1.165) is 12.1 Å². The summed E-state index contributed by atoms with van der Waals surface area (Å²) in [4.78, 5) is 36.0. The Morgan fingerprint density at radius 1 is 0.850 bits per heavy atom. The van der Waals surface area contributed by atoms with E-state index in [1.807, 2.05) is 29.8 Å². The van der Waals surface area contributed by atoms with Gasteiger partial charge in [-0.15, -0.1) is 0 Å². The van der Waals surface area contributed by atoms with Crippen LogP contribution in [0.4, 0.5) is 32.3 Å². The molecule has 1 unspecified atom stereocenters. The zero-order chi connectivity index (χ0) is 29.1. The molecule has 7 N–H and O–H groups in total. The van der Waals surface area contributed by atoms with Crippen molar-refractivity contribution in [3.8, 4) is 0 Å². The molecule has 0 saturated carbocycles. The molecular weight excluding hydrogens is 651 g/mol. The first kappa shape index (κ1) is 30.5. The Morgan fingerprint density at radius 2 is 1.50 bits per heavy atom. The third kappa shape index (κ3) is 9.30. The van der Waals surface area contributed by atoms with Gasteiger partial charge in [-0.3, -0.25) is 9.52 Å². The molecule has 0 radical (unpaired) electrons. The Kier molecular flexibility index (Phi) is 11.0. The molecule has 4 amide bonds. The lowest BCUT2D eigenvalue weighted by Crippen LogP contribution is -2.33. The van der Waals surface area contributed by atoms with Crippen LogP contribution in [0, 0.1) is 0 Å². The molecule has 3 aromatic carbocycles. The number of sulfonamides is 1. The number of benzene rings is 3. The predicted molar refractivity (Wildman–Crippen MR) is 162 cm³/mol. The van der Waals surface area contributed by atoms with Gasteiger partial charge in [0, 0.05) is 29.3 Å². The quantitative estimate of drug-likeness (QED) is 0.103. The van der Waals surface area contributed by atoms with Gasteiger partial charge in [-0.1, -0.05) is 25.1 Å². The minimum atomic E-state index is -4.07. The van der Waals surface area contributed by atoms with E-state index in [-0.39, 0.29) is 10.6 Å². The Hall–Kier alpha value is -4.05. The molecule has 40 heavy (non-hydrogen) atoms. The molecule has 1 atom stereocenters. The fraction of sp³-hybridized carbons (Fsp3) is 0.192. The van der Waals surface area contributed by atoms with Gasteiger partial charge in [0.15, 0.2) is 0 Å². The highest BCUT2D eigenvalue weighted by molar-refractivity contribution is 14.1. The van der Waals surface area contributed by atoms with Crippen LogP contribution in [0.3, 0.4) is 0 Å². The minimum Gasteiger partial charge on any atom is -0.481 e. The second-order valence-corrected chi connectivity index (χ2v) is 10.8. The number of amides is 4. The number of hydrogen-bond acceptors (Lipinski definition) is 6. The molecule has 3 rings (SSSR count). The van der Waals surface area contributed by atoms with Gasteiger partial charge >= 0.3 is 18.0 Å². The zero-order valence-electron chi connectivity index (χ0n) is 21.4. The van der Waals surface area contributed by atoms with Gasteiger partial charge in [0.2, 0.25) is 0 Å². The normalized spacial score (nSPS) is 11.6. The minimum absolute atomic E-state index is 0.0884. The van der Waals surface area contributed by atoms with Gasteiger partial charge in [0.1, 0.15) is 0 Å². The topological polar surface area (TPSA) is 178 Å². The predicted octanol–water partition coefficient (Wildman–Crippen LogP) is 5.12. The van der Waals surface area contributed by atoms with Gasteiger partial charge in [0.05, 0.1) is 40.2 Å². The summed E-state index contributed by atoms with van der Waals surface area (Å²) in [7, 11) is -4.07. The van der Waals surface area contributed by atoms with Crippen LogP contribution >= 0.6 is 22.9 Å². The van der Waals surface area contributed by atoms with Crippen molar-refractivity contribution in [1.82, 2.24) is 10.6 Å². The summed E-state index contributed by atoms with van der Waals surface area (Å²) in [6.07, 6.45) is 0.317. The molecule has 0 fully saturated rings. The first-order chi connectivity index (χ1) is 19.1. The Bertz CT molecular complexity index is 1450. The molecule has 14 heteroatoms. The molecule has 0 saturated heterocycles. The summed E-state index contributed by atoms with van der Waals surface area (Å²) < 4.78 is 31.6. The number of nitrogens with one attached hydrogen (secondary N) is 6. The van der Waals surface area contributed by atoms with Gasteiger partial charge < -0.3 is 29.9 Å². The van der Waals surface area contributed by atoms with Crippen molar-refractivity contribution in [2.45, 2.75) is 30.7 Å². The second-order valence-electron chi connectivity index (χ2n) is 8.56. The third-order valence-electron chi connectivity index (χ3n) is 5.41. The molecule has 0 aromatic heterocycles. The molecule has 0 heterocycles. The largest absolute Gasteiger partial charge is 0.481 e. The molecular formula is C26H29IN6O6S. The molecule has 3 aromatic rings. The van der Waals surface area contributed by atoms with E-state index in [1.165, 1.54) is 30.3 Å². The lowest BCUT2D eigenvalue weighted by atomic mass is 10.0. The van der Waals surface area contributed by atoms with Crippen molar-refractivity contribution in [3.63, 3.8) is 0 Å². The summed E-state index contributed by atoms with van der Waals surface area (Å²) in [5.41, 5.74) is 2.18. The summed E-state index contributed by atoms with van der Waals surface area (Å²) in [6.45, 7) is 2.39. The monoisotopic (exact) mass is 680 g/mol. The Morgan fingerprint density at radius 3 is 2.17 bits per heavy atom. The maximum atomic E-state index is 13.1. The molecule has 0 aliphatic carbocycles. The lowest BCUT2D eigenvalue weighted by Gasteiger charge is -2.19. The van der Waals surface area contributed by atoms with Gasteiger partial charge in [0.25, 0.3) is 10.0 Å². The highest BCUT2D eigenvalue weighted by atomic mass is 127. The fourth-order valence-corrected chi connectivity index (χ4v) is 5.01. The zero-order valence-corrected chi connectivity index (χ0v) is 24.4. The number of carbonyl (C=O) groups is 3. The first-order valence-corrected chi connectivity index (χ1v) is 14.7. The maximum Gasteiger partial charge on any atom is 0.319 e. The van der Waals surface area contributed by atoms with Crippen LogP contribution in [-0.4, -0.2) is 38.1 Å². The van der Waals surface area contributed by atoms with Gasteiger partial charge in [-0.05, 0) is 66.6 Å². The van der Waals surface area contributed by atoms with Crippen LogP contribution in [0.15, 0.2) is 77.7 Å². The maximum absolute atomic E-state index is 13.1. The summed E-state index contributed by atoms with van der Waals surface area (Å²) in [6, 6.07) is 16.7. The van der Waals surface area contributed by atoms with E-state index in [2.05, 4.69) is 29.5 Å². The number of halogens is 1. The number of carbonyl (C=O) groups excluding carboxylic acids is 2. The lowest BCUT2D eigenvalue weighted by molar-refractivity contribution is -0.137. The van der Waals surface area contributed by atoms with Crippen molar-refractivity contribution in [3.05, 3.63) is 78.4 Å².